The van der Waals surface area contributed by atoms with Gasteiger partial charge < -0.3 is 10.4 Å². The molecule has 6 heteroatoms. The number of para-hydroxylation sites is 1. The summed E-state index contributed by atoms with van der Waals surface area (Å²) in [5.74, 6) is -2.41. The van der Waals surface area contributed by atoms with E-state index in [1.54, 1.807) is 4.68 Å². The van der Waals surface area contributed by atoms with Gasteiger partial charge in [-0.1, -0.05) is 60.7 Å². The maximum absolute atomic E-state index is 12.8. The second-order valence-electron chi connectivity index (χ2n) is 7.36. The minimum atomic E-state index is -0.929. The number of aliphatic carboxylic acids is 1. The van der Waals surface area contributed by atoms with Gasteiger partial charge in [0.2, 0.25) is 5.91 Å². The van der Waals surface area contributed by atoms with Crippen LogP contribution in [0.4, 0.5) is 0 Å². The van der Waals surface area contributed by atoms with Crippen LogP contribution in [0.1, 0.15) is 18.4 Å². The van der Waals surface area contributed by atoms with Gasteiger partial charge >= 0.3 is 5.97 Å². The van der Waals surface area contributed by atoms with E-state index >= 15 is 0 Å². The van der Waals surface area contributed by atoms with Gasteiger partial charge in [-0.25, -0.2) is 4.68 Å². The Balaban J connectivity index is 1.58. The average molecular weight is 401 g/mol. The zero-order valence-electron chi connectivity index (χ0n) is 16.4. The molecule has 2 N–H and O–H groups in total. The highest BCUT2D eigenvalue weighted by molar-refractivity contribution is 5.85. The first-order chi connectivity index (χ1) is 14.6. The van der Waals surface area contributed by atoms with Crippen LogP contribution in [0.15, 0.2) is 79.0 Å². The Morgan fingerprint density at radius 1 is 0.967 bits per heavy atom. The molecule has 1 heterocycles. The van der Waals surface area contributed by atoms with Crippen molar-refractivity contribution in [2.45, 2.75) is 19.4 Å². The summed E-state index contributed by atoms with van der Waals surface area (Å²) in [5.41, 5.74) is 3.55. The molecule has 0 saturated carbocycles. The van der Waals surface area contributed by atoms with Crippen LogP contribution in [0.3, 0.4) is 0 Å². The Morgan fingerprint density at radius 3 is 2.27 bits per heavy atom. The number of carboxylic acid groups (broad SMARTS) is 1. The Morgan fingerprint density at radius 2 is 1.60 bits per heavy atom. The predicted octanol–water partition coefficient (Wildman–Crippen LogP) is 3.82. The summed E-state index contributed by atoms with van der Waals surface area (Å²) in [4.78, 5) is 24.3. The number of amides is 1. The van der Waals surface area contributed by atoms with Crippen LogP contribution >= 0.6 is 0 Å². The maximum Gasteiger partial charge on any atom is 0.307 e. The Bertz CT molecular complexity index is 1060. The lowest BCUT2D eigenvalue weighted by atomic mass is 9.82. The van der Waals surface area contributed by atoms with Crippen LogP contribution in [0, 0.1) is 11.8 Å². The van der Waals surface area contributed by atoms with Gasteiger partial charge in [-0.3, -0.25) is 9.59 Å². The van der Waals surface area contributed by atoms with E-state index in [2.05, 4.69) is 5.32 Å². The molecule has 1 aliphatic carbocycles. The number of carboxylic acids is 1. The molecule has 0 unspecified atom stereocenters. The lowest BCUT2D eigenvalue weighted by Crippen LogP contribution is -2.38. The van der Waals surface area contributed by atoms with Crippen molar-refractivity contribution in [2.24, 2.45) is 11.8 Å². The first kappa shape index (κ1) is 19.6. The number of benzene rings is 2. The van der Waals surface area contributed by atoms with E-state index in [1.807, 2.05) is 79.0 Å². The molecule has 0 aliphatic heterocycles. The fourth-order valence-electron chi connectivity index (χ4n) is 3.78. The van der Waals surface area contributed by atoms with Gasteiger partial charge in [-0.15, -0.1) is 0 Å². The van der Waals surface area contributed by atoms with Crippen LogP contribution in [0.5, 0.6) is 0 Å². The molecule has 6 nitrogen and oxygen atoms in total. The van der Waals surface area contributed by atoms with Crippen LogP contribution in [-0.2, 0) is 16.1 Å². The highest BCUT2D eigenvalue weighted by atomic mass is 16.4. The van der Waals surface area contributed by atoms with Crippen molar-refractivity contribution in [3.05, 3.63) is 84.6 Å². The number of carbonyl (C=O) groups is 2. The van der Waals surface area contributed by atoms with Gasteiger partial charge in [-0.05, 0) is 25.0 Å². The first-order valence-electron chi connectivity index (χ1n) is 9.98. The number of rotatable bonds is 6. The number of nitrogens with one attached hydrogen (secondary N) is 1. The van der Waals surface area contributed by atoms with Gasteiger partial charge in [-0.2, -0.15) is 5.10 Å². The van der Waals surface area contributed by atoms with Gasteiger partial charge in [0.25, 0.3) is 0 Å². The zero-order valence-corrected chi connectivity index (χ0v) is 16.4. The van der Waals surface area contributed by atoms with Gasteiger partial charge in [0.05, 0.1) is 23.2 Å². The van der Waals surface area contributed by atoms with E-state index in [0.29, 0.717) is 12.8 Å². The van der Waals surface area contributed by atoms with Gasteiger partial charge in [0.15, 0.2) is 0 Å². The van der Waals surface area contributed by atoms with E-state index in [1.165, 1.54) is 0 Å². The molecule has 1 aromatic heterocycles. The molecular weight excluding hydrogens is 378 g/mol. The normalized spacial score (nSPS) is 18.1. The van der Waals surface area contributed by atoms with Crippen molar-refractivity contribution in [1.82, 2.24) is 15.1 Å². The van der Waals surface area contributed by atoms with Crippen LogP contribution in [0.25, 0.3) is 16.9 Å². The highest BCUT2D eigenvalue weighted by Gasteiger charge is 2.33. The number of hydrogen-bond donors (Lipinski definition) is 2. The first-order valence-corrected chi connectivity index (χ1v) is 9.98. The van der Waals surface area contributed by atoms with E-state index in [4.69, 9.17) is 5.10 Å². The van der Waals surface area contributed by atoms with Crippen molar-refractivity contribution in [3.63, 3.8) is 0 Å². The SMILES string of the molecule is O=C(O)[C@@H]1CC=CC[C@H]1C(=O)NCc1cn(-c2ccccc2)nc1-c1ccccc1. The van der Waals surface area contributed by atoms with Crippen molar-refractivity contribution in [2.75, 3.05) is 0 Å². The Kier molecular flexibility index (Phi) is 5.75. The molecule has 1 aliphatic rings. The lowest BCUT2D eigenvalue weighted by molar-refractivity contribution is -0.147. The summed E-state index contributed by atoms with van der Waals surface area (Å²) in [5, 5.41) is 17.1. The predicted molar refractivity (Wildman–Crippen MR) is 114 cm³/mol. The molecule has 152 valence electrons. The number of aromatic nitrogens is 2. The molecular formula is C24H23N3O3. The molecule has 0 spiro atoms. The molecule has 1 amide bonds. The molecule has 3 aromatic rings. The largest absolute Gasteiger partial charge is 0.481 e. The van der Waals surface area contributed by atoms with Crippen molar-refractivity contribution in [1.29, 1.82) is 0 Å². The molecule has 2 aromatic carbocycles. The summed E-state index contributed by atoms with van der Waals surface area (Å²) in [6, 6.07) is 19.6. The summed E-state index contributed by atoms with van der Waals surface area (Å²) in [6.45, 7) is 0.280. The minimum Gasteiger partial charge on any atom is -0.481 e. The minimum absolute atomic E-state index is 0.238. The lowest BCUT2D eigenvalue weighted by Gasteiger charge is -2.24. The molecule has 0 saturated heterocycles. The third kappa shape index (κ3) is 4.17. The molecule has 0 fully saturated rings. The summed E-state index contributed by atoms with van der Waals surface area (Å²) in [6.07, 6.45) is 6.45. The second kappa shape index (κ2) is 8.78. The van der Waals surface area contributed by atoms with Crippen molar-refractivity contribution < 1.29 is 14.7 Å². The van der Waals surface area contributed by atoms with Gasteiger partial charge in [0, 0.05) is 23.9 Å². The van der Waals surface area contributed by atoms with Crippen molar-refractivity contribution >= 4 is 11.9 Å². The van der Waals surface area contributed by atoms with Crippen LogP contribution in [-0.4, -0.2) is 26.8 Å². The fourth-order valence-corrected chi connectivity index (χ4v) is 3.78. The smallest absolute Gasteiger partial charge is 0.307 e. The number of nitrogens with zero attached hydrogens (tertiary/aromatic N) is 2. The number of hydrogen-bond acceptors (Lipinski definition) is 3. The molecule has 0 bridgehead atoms. The zero-order chi connectivity index (χ0) is 20.9. The summed E-state index contributed by atoms with van der Waals surface area (Å²) in [7, 11) is 0. The monoisotopic (exact) mass is 401 g/mol. The molecule has 0 radical (unpaired) electrons. The third-order valence-electron chi connectivity index (χ3n) is 5.40. The number of carbonyl (C=O) groups excluding carboxylic acids is 1. The molecule has 2 atom stereocenters. The Hall–Kier alpha value is -3.67. The quantitative estimate of drug-likeness (QED) is 0.615. The van der Waals surface area contributed by atoms with Crippen LogP contribution in [0.2, 0.25) is 0 Å². The maximum atomic E-state index is 12.8. The van der Waals surface area contributed by atoms with Crippen LogP contribution < -0.4 is 5.32 Å². The van der Waals surface area contributed by atoms with Crippen molar-refractivity contribution in [3.8, 4) is 16.9 Å². The standard InChI is InChI=1S/C24H23N3O3/c28-23(20-13-7-8-14-21(20)24(29)30)25-15-18-16-27(19-11-5-2-6-12-19)26-22(18)17-9-3-1-4-10-17/h1-12,16,20-21H,13-15H2,(H,25,28)(H,29,30)/t20-,21-/m1/s1. The third-order valence-corrected chi connectivity index (χ3v) is 5.40. The second-order valence-corrected chi connectivity index (χ2v) is 7.36. The van der Waals surface area contributed by atoms with Gasteiger partial charge in [0.1, 0.15) is 0 Å². The number of allylic oxidation sites excluding steroid dienone is 2. The van der Waals surface area contributed by atoms with E-state index in [0.717, 1.165) is 22.5 Å². The van der Waals surface area contributed by atoms with E-state index in [9.17, 15) is 14.7 Å². The molecule has 30 heavy (non-hydrogen) atoms. The van der Waals surface area contributed by atoms with E-state index < -0.39 is 17.8 Å². The molecule has 4 rings (SSSR count). The topological polar surface area (TPSA) is 84.2 Å². The highest BCUT2D eigenvalue weighted by Crippen LogP contribution is 2.27. The summed E-state index contributed by atoms with van der Waals surface area (Å²) >= 11 is 0. The fraction of sp³-hybridized carbons (Fsp3) is 0.208. The average Bonchev–Trinajstić information content (AvgIpc) is 3.23. The Labute approximate surface area is 174 Å². The van der Waals surface area contributed by atoms with E-state index in [-0.39, 0.29) is 12.5 Å². The summed E-state index contributed by atoms with van der Waals surface area (Å²) < 4.78 is 1.80.